The molecule has 0 amide bonds. The maximum Gasteiger partial charge on any atom is 2.00 e. The summed E-state index contributed by atoms with van der Waals surface area (Å²) in [6.07, 6.45) is 0. The summed E-state index contributed by atoms with van der Waals surface area (Å²) in [5.41, 5.74) is 0. The second-order valence-corrected chi connectivity index (χ2v) is 0. The van der Waals surface area contributed by atoms with Crippen LogP contribution < -0.4 is 49.6 Å². The molecule has 0 saturated carbocycles. The molecule has 0 aromatic rings. The third-order valence-electron chi connectivity index (χ3n) is 0. The third-order valence-corrected chi connectivity index (χ3v) is 0. The van der Waals surface area contributed by atoms with E-state index >= 15 is 0 Å². The van der Waals surface area contributed by atoms with Gasteiger partial charge >= 0.3 is 46.1 Å². The molecular formula is Cl4Mg2Pt. The van der Waals surface area contributed by atoms with Gasteiger partial charge in [-0.15, -0.1) is 0 Å². The van der Waals surface area contributed by atoms with E-state index in [9.17, 15) is 0 Å². The minimum Gasteiger partial charge on any atom is -1.00 e. The van der Waals surface area contributed by atoms with E-state index in [1.165, 1.54) is 0 Å². The van der Waals surface area contributed by atoms with Gasteiger partial charge in [0.2, 0.25) is 0 Å². The Balaban J connectivity index is 0. The molecule has 0 spiro atoms. The van der Waals surface area contributed by atoms with Crippen molar-refractivity contribution in [2.24, 2.45) is 0 Å². The standard InChI is InChI=1S/4ClH.2Mg.Pt/h4*1H;;;/q;;;;2*+2;/p-4. The predicted octanol–water partition coefficient (Wildman–Crippen LogP) is -12.7. The van der Waals surface area contributed by atoms with Crippen molar-refractivity contribution in [3.63, 3.8) is 0 Å². The first-order chi connectivity index (χ1) is 0. The van der Waals surface area contributed by atoms with Crippen LogP contribution in [0.4, 0.5) is 0 Å². The molecule has 0 aliphatic carbocycles. The molecule has 0 nitrogen and oxygen atoms in total. The van der Waals surface area contributed by atoms with Crippen LogP contribution in [0, 0.1) is 0 Å². The third kappa shape index (κ3) is 44.7. The monoisotopic (exact) mass is 383 g/mol. The van der Waals surface area contributed by atoms with Crippen molar-refractivity contribution in [2.75, 3.05) is 0 Å². The molecule has 0 bridgehead atoms. The molecule has 0 aliphatic rings. The minimum absolute atomic E-state index is 0. The van der Waals surface area contributed by atoms with Crippen molar-refractivity contribution in [1.29, 1.82) is 0 Å². The van der Waals surface area contributed by atoms with Crippen molar-refractivity contribution in [3.05, 3.63) is 0 Å². The largest absolute Gasteiger partial charge is 2.00 e. The zero-order valence-electron chi connectivity index (χ0n) is 3.24. The van der Waals surface area contributed by atoms with Gasteiger partial charge in [-0.1, -0.05) is 0 Å². The van der Waals surface area contributed by atoms with E-state index < -0.39 is 0 Å². The Morgan fingerprint density at radius 3 is 0.429 bits per heavy atom. The second-order valence-electron chi connectivity index (χ2n) is 0. The quantitative estimate of drug-likeness (QED) is 0.364. The summed E-state index contributed by atoms with van der Waals surface area (Å²) in [7, 11) is 0. The fourth-order valence-electron chi connectivity index (χ4n) is 0. The Labute approximate surface area is 115 Å². The van der Waals surface area contributed by atoms with Crippen LogP contribution in [0.5, 0.6) is 0 Å². The average molecular weight is 386 g/mol. The Hall–Kier alpha value is 3.38. The molecule has 0 aliphatic heterocycles. The fraction of sp³-hybridized carbons (Fsp3) is 0. The van der Waals surface area contributed by atoms with Gasteiger partial charge in [-0.2, -0.15) is 0 Å². The van der Waals surface area contributed by atoms with Gasteiger partial charge in [0, 0.05) is 21.1 Å². The summed E-state index contributed by atoms with van der Waals surface area (Å²) >= 11 is 0. The molecule has 7 heavy (non-hydrogen) atoms. The van der Waals surface area contributed by atoms with Gasteiger partial charge in [-0.3, -0.25) is 0 Å². The van der Waals surface area contributed by atoms with Crippen LogP contribution >= 0.6 is 0 Å². The Morgan fingerprint density at radius 2 is 0.429 bits per heavy atom. The van der Waals surface area contributed by atoms with Gasteiger partial charge in [0.1, 0.15) is 0 Å². The molecule has 0 heterocycles. The molecule has 7 heteroatoms. The predicted molar refractivity (Wildman–Crippen MR) is 11.5 cm³/mol. The number of halogens is 4. The maximum absolute atomic E-state index is 0. The minimum atomic E-state index is 0. The molecule has 42 valence electrons. The Bertz CT molecular complexity index is 9.65. The van der Waals surface area contributed by atoms with Crippen LogP contribution in [-0.2, 0) is 21.1 Å². The van der Waals surface area contributed by atoms with E-state index in [2.05, 4.69) is 0 Å². The van der Waals surface area contributed by atoms with Gasteiger partial charge in [0.05, 0.1) is 0 Å². The van der Waals surface area contributed by atoms with Gasteiger partial charge in [0.15, 0.2) is 0 Å². The van der Waals surface area contributed by atoms with Crippen LogP contribution in [0.25, 0.3) is 0 Å². The molecule has 0 radical (unpaired) electrons. The van der Waals surface area contributed by atoms with Crippen LogP contribution in [0.2, 0.25) is 0 Å². The summed E-state index contributed by atoms with van der Waals surface area (Å²) in [5, 5.41) is 0. The molecule has 0 saturated heterocycles. The number of hydrogen-bond donors (Lipinski definition) is 0. The molecule has 0 fully saturated rings. The summed E-state index contributed by atoms with van der Waals surface area (Å²) < 4.78 is 0. The number of rotatable bonds is 0. The van der Waals surface area contributed by atoms with Crippen molar-refractivity contribution >= 4 is 46.1 Å². The van der Waals surface area contributed by atoms with E-state index in [1.54, 1.807) is 0 Å². The van der Waals surface area contributed by atoms with Crippen molar-refractivity contribution in [1.82, 2.24) is 0 Å². The molecule has 0 N–H and O–H groups in total. The van der Waals surface area contributed by atoms with Gasteiger partial charge < -0.3 is 49.6 Å². The van der Waals surface area contributed by atoms with E-state index in [0.29, 0.717) is 0 Å². The smallest absolute Gasteiger partial charge is 1.00 e. The van der Waals surface area contributed by atoms with Crippen molar-refractivity contribution < 1.29 is 70.7 Å². The molecular weight excluding hydrogens is 386 g/mol. The summed E-state index contributed by atoms with van der Waals surface area (Å²) in [6, 6.07) is 0. The van der Waals surface area contributed by atoms with Crippen LogP contribution in [0.1, 0.15) is 0 Å². The molecule has 0 rings (SSSR count). The zero-order valence-corrected chi connectivity index (χ0v) is 11.4. The van der Waals surface area contributed by atoms with E-state index in [1.807, 2.05) is 0 Å². The first-order valence-electron chi connectivity index (χ1n) is 0. The van der Waals surface area contributed by atoms with Gasteiger partial charge in [-0.05, 0) is 0 Å². The van der Waals surface area contributed by atoms with Crippen molar-refractivity contribution in [3.8, 4) is 0 Å². The first kappa shape index (κ1) is 79.9. The fourth-order valence-corrected chi connectivity index (χ4v) is 0. The summed E-state index contributed by atoms with van der Waals surface area (Å²) in [5.74, 6) is 0. The topological polar surface area (TPSA) is 0 Å². The van der Waals surface area contributed by atoms with Gasteiger partial charge in [0.25, 0.3) is 0 Å². The molecule has 0 atom stereocenters. The molecule has 0 unspecified atom stereocenters. The van der Waals surface area contributed by atoms with E-state index in [4.69, 9.17) is 0 Å². The number of hydrogen-bond acceptors (Lipinski definition) is 0. The van der Waals surface area contributed by atoms with Crippen molar-refractivity contribution in [2.45, 2.75) is 0 Å². The second kappa shape index (κ2) is 57.6. The Morgan fingerprint density at radius 1 is 0.429 bits per heavy atom. The summed E-state index contributed by atoms with van der Waals surface area (Å²) in [4.78, 5) is 0. The zero-order chi connectivity index (χ0) is 0. The molecule has 0 aromatic carbocycles. The molecule has 0 aromatic heterocycles. The van der Waals surface area contributed by atoms with Crippen LogP contribution in [0.15, 0.2) is 0 Å². The average Bonchev–Trinajstić information content (AvgIpc) is 0. The van der Waals surface area contributed by atoms with Gasteiger partial charge in [-0.25, -0.2) is 0 Å². The van der Waals surface area contributed by atoms with E-state index in [-0.39, 0.29) is 117 Å². The Kier molecular flexibility index (Phi) is 658. The van der Waals surface area contributed by atoms with Crippen LogP contribution in [0.3, 0.4) is 0 Å². The first-order valence-corrected chi connectivity index (χ1v) is 0. The van der Waals surface area contributed by atoms with E-state index in [0.717, 1.165) is 0 Å². The summed E-state index contributed by atoms with van der Waals surface area (Å²) in [6.45, 7) is 0. The normalized spacial score (nSPS) is 0. The SMILES string of the molecule is [Cl-].[Cl-].[Cl-].[Cl-].[Mg+2].[Mg+2].[Pt]. The van der Waals surface area contributed by atoms with Crippen LogP contribution in [-0.4, -0.2) is 46.1 Å². The maximum atomic E-state index is 0.